The molecule has 106 valence electrons. The molecule has 2 aromatic rings. The van der Waals surface area contributed by atoms with Gasteiger partial charge in [-0.25, -0.2) is 0 Å². The van der Waals surface area contributed by atoms with E-state index in [0.29, 0.717) is 16.1 Å². The predicted molar refractivity (Wildman–Crippen MR) is 83.3 cm³/mol. The van der Waals surface area contributed by atoms with Gasteiger partial charge in [-0.2, -0.15) is 0 Å². The van der Waals surface area contributed by atoms with Crippen LogP contribution in [0.4, 0.5) is 0 Å². The molecule has 0 unspecified atom stereocenters. The van der Waals surface area contributed by atoms with Crippen LogP contribution in [-0.4, -0.2) is 6.04 Å². The summed E-state index contributed by atoms with van der Waals surface area (Å²) in [6.45, 7) is 0.774. The molecule has 4 heteroatoms. The van der Waals surface area contributed by atoms with Crippen LogP contribution < -0.4 is 5.32 Å². The van der Waals surface area contributed by atoms with Crippen molar-refractivity contribution in [2.75, 3.05) is 0 Å². The van der Waals surface area contributed by atoms with Gasteiger partial charge >= 0.3 is 0 Å². The molecule has 2 nitrogen and oxygen atoms in total. The first-order valence-corrected chi connectivity index (χ1v) is 7.75. The summed E-state index contributed by atoms with van der Waals surface area (Å²) < 4.78 is 5.86. The van der Waals surface area contributed by atoms with E-state index in [1.165, 1.54) is 25.7 Å². The van der Waals surface area contributed by atoms with Gasteiger partial charge in [0, 0.05) is 16.6 Å². The van der Waals surface area contributed by atoms with Crippen molar-refractivity contribution in [3.63, 3.8) is 0 Å². The molecule has 0 aliphatic heterocycles. The standard InChI is InChI=1S/C16H17Cl2NO/c17-11-5-7-14(15(18)9-11)16-8-6-13(20-16)10-19-12-3-1-2-4-12/h5-9,12,19H,1-4,10H2. The van der Waals surface area contributed by atoms with E-state index in [1.54, 1.807) is 6.07 Å². The number of halogens is 2. The molecule has 0 radical (unpaired) electrons. The lowest BCUT2D eigenvalue weighted by atomic mass is 10.2. The molecule has 1 saturated carbocycles. The summed E-state index contributed by atoms with van der Waals surface area (Å²) in [7, 11) is 0. The second-order valence-corrected chi connectivity index (χ2v) is 6.10. The van der Waals surface area contributed by atoms with Gasteiger partial charge in [-0.05, 0) is 43.2 Å². The lowest BCUT2D eigenvalue weighted by Gasteiger charge is -2.09. The first kappa shape index (κ1) is 14.0. The second-order valence-electron chi connectivity index (χ2n) is 5.25. The number of nitrogens with one attached hydrogen (secondary N) is 1. The minimum Gasteiger partial charge on any atom is -0.460 e. The smallest absolute Gasteiger partial charge is 0.135 e. The van der Waals surface area contributed by atoms with Crippen molar-refractivity contribution in [3.8, 4) is 11.3 Å². The van der Waals surface area contributed by atoms with E-state index in [0.717, 1.165) is 23.6 Å². The van der Waals surface area contributed by atoms with Crippen LogP contribution in [0.5, 0.6) is 0 Å². The van der Waals surface area contributed by atoms with E-state index in [1.807, 2.05) is 24.3 Å². The van der Waals surface area contributed by atoms with Crippen molar-refractivity contribution in [1.29, 1.82) is 0 Å². The van der Waals surface area contributed by atoms with Crippen LogP contribution in [0, 0.1) is 0 Å². The summed E-state index contributed by atoms with van der Waals surface area (Å²) in [4.78, 5) is 0. The summed E-state index contributed by atoms with van der Waals surface area (Å²) >= 11 is 12.1. The highest BCUT2D eigenvalue weighted by molar-refractivity contribution is 6.36. The molecule has 1 aliphatic carbocycles. The minimum absolute atomic E-state index is 0.613. The van der Waals surface area contributed by atoms with Gasteiger partial charge in [0.05, 0.1) is 11.6 Å². The molecule has 1 fully saturated rings. The summed E-state index contributed by atoms with van der Waals surface area (Å²) in [6, 6.07) is 10.0. The minimum atomic E-state index is 0.613. The molecule has 0 atom stereocenters. The third kappa shape index (κ3) is 3.20. The largest absolute Gasteiger partial charge is 0.460 e. The highest BCUT2D eigenvalue weighted by Crippen LogP contribution is 2.31. The third-order valence-electron chi connectivity index (χ3n) is 3.78. The fourth-order valence-corrected chi connectivity index (χ4v) is 3.18. The Labute approximate surface area is 129 Å². The predicted octanol–water partition coefficient (Wildman–Crippen LogP) is 5.29. The molecule has 1 aromatic heterocycles. The molecular weight excluding hydrogens is 293 g/mol. The average molecular weight is 310 g/mol. The Morgan fingerprint density at radius 3 is 2.65 bits per heavy atom. The second kappa shape index (κ2) is 6.21. The molecule has 0 bridgehead atoms. The highest BCUT2D eigenvalue weighted by Gasteiger charge is 2.15. The molecule has 1 aliphatic rings. The van der Waals surface area contributed by atoms with Crippen LogP contribution in [0.25, 0.3) is 11.3 Å². The molecule has 1 heterocycles. The van der Waals surface area contributed by atoms with E-state index < -0.39 is 0 Å². The van der Waals surface area contributed by atoms with Crippen molar-refractivity contribution in [2.24, 2.45) is 0 Å². The Bertz CT molecular complexity index is 588. The lowest BCUT2D eigenvalue weighted by molar-refractivity contribution is 0.452. The first-order valence-electron chi connectivity index (χ1n) is 7.00. The van der Waals surface area contributed by atoms with Crippen LogP contribution in [0.1, 0.15) is 31.4 Å². The van der Waals surface area contributed by atoms with Crippen LogP contribution in [0.15, 0.2) is 34.7 Å². The van der Waals surface area contributed by atoms with Gasteiger partial charge in [-0.1, -0.05) is 36.0 Å². The Morgan fingerprint density at radius 1 is 1.10 bits per heavy atom. The normalized spacial score (nSPS) is 15.9. The zero-order valence-corrected chi connectivity index (χ0v) is 12.7. The fourth-order valence-electron chi connectivity index (χ4n) is 2.68. The molecular formula is C16H17Cl2NO. The van der Waals surface area contributed by atoms with Gasteiger partial charge in [0.15, 0.2) is 0 Å². The molecule has 0 amide bonds. The molecule has 0 saturated heterocycles. The van der Waals surface area contributed by atoms with Crippen molar-refractivity contribution >= 4 is 23.2 Å². The zero-order valence-electron chi connectivity index (χ0n) is 11.2. The Morgan fingerprint density at radius 2 is 1.90 bits per heavy atom. The van der Waals surface area contributed by atoms with E-state index in [-0.39, 0.29) is 0 Å². The van der Waals surface area contributed by atoms with Gasteiger partial charge in [-0.15, -0.1) is 0 Å². The molecule has 0 spiro atoms. The summed E-state index contributed by atoms with van der Waals surface area (Å²) in [6.07, 6.45) is 5.22. The van der Waals surface area contributed by atoms with Crippen LogP contribution in [-0.2, 0) is 6.54 Å². The van der Waals surface area contributed by atoms with E-state index in [9.17, 15) is 0 Å². The van der Waals surface area contributed by atoms with Gasteiger partial charge in [0.25, 0.3) is 0 Å². The maximum atomic E-state index is 6.19. The lowest BCUT2D eigenvalue weighted by Crippen LogP contribution is -2.24. The van der Waals surface area contributed by atoms with Gasteiger partial charge < -0.3 is 9.73 Å². The van der Waals surface area contributed by atoms with Crippen molar-refractivity contribution in [3.05, 3.63) is 46.1 Å². The Kier molecular flexibility index (Phi) is 4.35. The zero-order chi connectivity index (χ0) is 13.9. The number of hydrogen-bond acceptors (Lipinski definition) is 2. The summed E-state index contributed by atoms with van der Waals surface area (Å²) in [5.74, 6) is 1.73. The van der Waals surface area contributed by atoms with Crippen LogP contribution in [0.2, 0.25) is 10.0 Å². The van der Waals surface area contributed by atoms with Crippen LogP contribution >= 0.6 is 23.2 Å². The fraction of sp³-hybridized carbons (Fsp3) is 0.375. The maximum absolute atomic E-state index is 6.19. The van der Waals surface area contributed by atoms with Crippen molar-refractivity contribution < 1.29 is 4.42 Å². The number of hydrogen-bond donors (Lipinski definition) is 1. The molecule has 1 aromatic carbocycles. The number of rotatable bonds is 4. The van der Waals surface area contributed by atoms with Crippen molar-refractivity contribution in [1.82, 2.24) is 5.32 Å². The van der Waals surface area contributed by atoms with Crippen LogP contribution in [0.3, 0.4) is 0 Å². The quantitative estimate of drug-likeness (QED) is 0.830. The maximum Gasteiger partial charge on any atom is 0.135 e. The highest BCUT2D eigenvalue weighted by atomic mass is 35.5. The number of benzene rings is 1. The van der Waals surface area contributed by atoms with E-state index in [4.69, 9.17) is 27.6 Å². The topological polar surface area (TPSA) is 25.2 Å². The first-order chi connectivity index (χ1) is 9.72. The summed E-state index contributed by atoms with van der Waals surface area (Å²) in [5, 5.41) is 4.78. The van der Waals surface area contributed by atoms with Gasteiger partial charge in [-0.3, -0.25) is 0 Å². The summed E-state index contributed by atoms with van der Waals surface area (Å²) in [5.41, 5.74) is 0.878. The number of furan rings is 1. The third-order valence-corrected chi connectivity index (χ3v) is 4.33. The monoisotopic (exact) mass is 309 g/mol. The van der Waals surface area contributed by atoms with E-state index in [2.05, 4.69) is 5.32 Å². The van der Waals surface area contributed by atoms with Crippen molar-refractivity contribution in [2.45, 2.75) is 38.3 Å². The van der Waals surface area contributed by atoms with Gasteiger partial charge in [0.1, 0.15) is 11.5 Å². The average Bonchev–Trinajstić information content (AvgIpc) is 3.07. The van der Waals surface area contributed by atoms with E-state index >= 15 is 0 Å². The van der Waals surface area contributed by atoms with Gasteiger partial charge in [0.2, 0.25) is 0 Å². The Balaban J connectivity index is 1.69. The molecule has 1 N–H and O–H groups in total. The Hall–Kier alpha value is -0.960. The molecule has 20 heavy (non-hydrogen) atoms. The molecule has 3 rings (SSSR count). The SMILES string of the molecule is Clc1ccc(-c2ccc(CNC3CCCC3)o2)c(Cl)c1.